The number of anilines is 1. The highest BCUT2D eigenvalue weighted by molar-refractivity contribution is 7.17. The zero-order chi connectivity index (χ0) is 11.5. The highest BCUT2D eigenvalue weighted by Crippen LogP contribution is 2.28. The molecule has 16 heavy (non-hydrogen) atoms. The van der Waals surface area contributed by atoms with Gasteiger partial charge in [-0.2, -0.15) is 0 Å². The molecule has 1 heterocycles. The van der Waals surface area contributed by atoms with Gasteiger partial charge in [0.2, 0.25) is 0 Å². The second kappa shape index (κ2) is 4.82. The molecular formula is C11H17N3OS. The van der Waals surface area contributed by atoms with Crippen molar-refractivity contribution < 1.29 is 4.79 Å². The van der Waals surface area contributed by atoms with E-state index >= 15 is 0 Å². The summed E-state index contributed by atoms with van der Waals surface area (Å²) in [5, 5.41) is 3.39. The summed E-state index contributed by atoms with van der Waals surface area (Å²) in [6.45, 7) is 2.58. The second-order valence-corrected chi connectivity index (χ2v) is 5.34. The van der Waals surface area contributed by atoms with Crippen molar-refractivity contribution in [1.29, 1.82) is 0 Å². The maximum absolute atomic E-state index is 11.8. The summed E-state index contributed by atoms with van der Waals surface area (Å²) in [4.78, 5) is 16.5. The van der Waals surface area contributed by atoms with Crippen LogP contribution in [0.3, 0.4) is 0 Å². The van der Waals surface area contributed by atoms with Crippen LogP contribution in [0.2, 0.25) is 0 Å². The highest BCUT2D eigenvalue weighted by Gasteiger charge is 2.18. The molecule has 0 bridgehead atoms. The summed E-state index contributed by atoms with van der Waals surface area (Å²) in [6.07, 6.45) is 5.09. The van der Waals surface area contributed by atoms with Crippen LogP contribution in [0.5, 0.6) is 0 Å². The van der Waals surface area contributed by atoms with Gasteiger partial charge in [-0.15, -0.1) is 0 Å². The standard InChI is InChI=1S/C11H17N3OS/c1-7-9(16-11(12)14-7)10(15)13-6-5-8-3-2-4-8/h8H,2-6H2,1H3,(H2,12,14)(H,13,15). The zero-order valence-electron chi connectivity index (χ0n) is 9.45. The lowest BCUT2D eigenvalue weighted by Gasteiger charge is -2.25. The van der Waals surface area contributed by atoms with Crippen LogP contribution in [0.15, 0.2) is 0 Å². The topological polar surface area (TPSA) is 68.0 Å². The molecule has 1 fully saturated rings. The third-order valence-corrected chi connectivity index (χ3v) is 4.07. The Hall–Kier alpha value is -1.10. The molecule has 3 N–H and O–H groups in total. The van der Waals surface area contributed by atoms with Gasteiger partial charge < -0.3 is 11.1 Å². The Morgan fingerprint density at radius 2 is 2.38 bits per heavy atom. The molecule has 1 aliphatic carbocycles. The predicted octanol–water partition coefficient (Wildman–Crippen LogP) is 1.95. The van der Waals surface area contributed by atoms with E-state index in [1.807, 2.05) is 6.92 Å². The van der Waals surface area contributed by atoms with E-state index in [1.165, 1.54) is 30.6 Å². The molecule has 1 aromatic rings. The lowest BCUT2D eigenvalue weighted by molar-refractivity contribution is 0.0952. The van der Waals surface area contributed by atoms with E-state index < -0.39 is 0 Å². The van der Waals surface area contributed by atoms with Gasteiger partial charge in [0, 0.05) is 6.54 Å². The van der Waals surface area contributed by atoms with Gasteiger partial charge >= 0.3 is 0 Å². The zero-order valence-corrected chi connectivity index (χ0v) is 10.3. The third-order valence-electron chi connectivity index (χ3n) is 3.08. The van der Waals surface area contributed by atoms with Crippen LogP contribution < -0.4 is 11.1 Å². The van der Waals surface area contributed by atoms with Gasteiger partial charge in [-0.05, 0) is 19.3 Å². The van der Waals surface area contributed by atoms with Crippen molar-refractivity contribution in [2.24, 2.45) is 5.92 Å². The van der Waals surface area contributed by atoms with Crippen molar-refractivity contribution in [3.63, 3.8) is 0 Å². The number of nitrogens with zero attached hydrogens (tertiary/aromatic N) is 1. The molecule has 2 rings (SSSR count). The van der Waals surface area contributed by atoms with Gasteiger partial charge in [0.15, 0.2) is 5.13 Å². The van der Waals surface area contributed by atoms with Gasteiger partial charge in [-0.1, -0.05) is 30.6 Å². The molecule has 0 radical (unpaired) electrons. The number of aromatic nitrogens is 1. The smallest absolute Gasteiger partial charge is 0.263 e. The number of amides is 1. The van der Waals surface area contributed by atoms with Crippen LogP contribution in [-0.4, -0.2) is 17.4 Å². The molecule has 0 aromatic carbocycles. The van der Waals surface area contributed by atoms with Crippen LogP contribution in [0, 0.1) is 12.8 Å². The van der Waals surface area contributed by atoms with E-state index in [4.69, 9.17) is 5.73 Å². The molecule has 0 spiro atoms. The molecule has 0 unspecified atom stereocenters. The molecule has 1 aromatic heterocycles. The summed E-state index contributed by atoms with van der Waals surface area (Å²) < 4.78 is 0. The van der Waals surface area contributed by atoms with Gasteiger partial charge in [0.25, 0.3) is 5.91 Å². The first kappa shape index (κ1) is 11.4. The first-order valence-corrected chi connectivity index (χ1v) is 6.49. The van der Waals surface area contributed by atoms with Crippen molar-refractivity contribution in [3.8, 4) is 0 Å². The van der Waals surface area contributed by atoms with E-state index in [9.17, 15) is 4.79 Å². The Balaban J connectivity index is 1.80. The Morgan fingerprint density at radius 1 is 1.62 bits per heavy atom. The summed E-state index contributed by atoms with van der Waals surface area (Å²) in [5.41, 5.74) is 6.28. The van der Waals surface area contributed by atoms with Crippen molar-refractivity contribution in [2.75, 3.05) is 12.3 Å². The number of hydrogen-bond acceptors (Lipinski definition) is 4. The first-order valence-electron chi connectivity index (χ1n) is 5.68. The lowest BCUT2D eigenvalue weighted by atomic mass is 9.83. The van der Waals surface area contributed by atoms with Gasteiger partial charge in [0.1, 0.15) is 4.88 Å². The minimum absolute atomic E-state index is 0.0361. The van der Waals surface area contributed by atoms with E-state index in [0.717, 1.165) is 24.6 Å². The van der Waals surface area contributed by atoms with E-state index in [-0.39, 0.29) is 5.91 Å². The summed E-state index contributed by atoms with van der Waals surface area (Å²) in [7, 11) is 0. The maximum atomic E-state index is 11.8. The molecule has 88 valence electrons. The monoisotopic (exact) mass is 239 g/mol. The number of aryl methyl sites for hydroxylation is 1. The molecule has 4 nitrogen and oxygen atoms in total. The third kappa shape index (κ3) is 2.52. The van der Waals surface area contributed by atoms with E-state index in [0.29, 0.717) is 10.0 Å². The summed E-state index contributed by atoms with van der Waals surface area (Å²) in [5.74, 6) is 0.791. The van der Waals surface area contributed by atoms with Crippen molar-refractivity contribution >= 4 is 22.4 Å². The Kier molecular flexibility index (Phi) is 3.43. The fraction of sp³-hybridized carbons (Fsp3) is 0.636. The number of carbonyl (C=O) groups is 1. The van der Waals surface area contributed by atoms with Crippen molar-refractivity contribution in [3.05, 3.63) is 10.6 Å². The Morgan fingerprint density at radius 3 is 2.88 bits per heavy atom. The average molecular weight is 239 g/mol. The molecular weight excluding hydrogens is 222 g/mol. The van der Waals surface area contributed by atoms with E-state index in [1.54, 1.807) is 0 Å². The number of nitrogens with one attached hydrogen (secondary N) is 1. The Labute approximate surface area is 99.3 Å². The molecule has 1 aliphatic rings. The van der Waals surface area contributed by atoms with Crippen LogP contribution in [-0.2, 0) is 0 Å². The highest BCUT2D eigenvalue weighted by atomic mass is 32.1. The van der Waals surface area contributed by atoms with Crippen molar-refractivity contribution in [2.45, 2.75) is 32.6 Å². The predicted molar refractivity (Wildman–Crippen MR) is 65.6 cm³/mol. The molecule has 1 amide bonds. The fourth-order valence-electron chi connectivity index (χ4n) is 1.88. The Bertz CT molecular complexity index is 385. The molecule has 5 heteroatoms. The fourth-order valence-corrected chi connectivity index (χ4v) is 2.63. The maximum Gasteiger partial charge on any atom is 0.263 e. The van der Waals surface area contributed by atoms with E-state index in [2.05, 4.69) is 10.3 Å². The summed E-state index contributed by atoms with van der Waals surface area (Å²) in [6, 6.07) is 0. The molecule has 0 atom stereocenters. The SMILES string of the molecule is Cc1nc(N)sc1C(=O)NCCC1CCC1. The lowest BCUT2D eigenvalue weighted by Crippen LogP contribution is -2.27. The molecule has 1 saturated carbocycles. The quantitative estimate of drug-likeness (QED) is 0.844. The molecule has 0 aliphatic heterocycles. The number of thiazole rings is 1. The number of nitrogens with two attached hydrogens (primary N) is 1. The number of rotatable bonds is 4. The van der Waals surface area contributed by atoms with Crippen LogP contribution in [0.25, 0.3) is 0 Å². The minimum Gasteiger partial charge on any atom is -0.375 e. The number of nitrogen functional groups attached to an aromatic ring is 1. The van der Waals surface area contributed by atoms with Crippen LogP contribution >= 0.6 is 11.3 Å². The number of hydrogen-bond donors (Lipinski definition) is 2. The average Bonchev–Trinajstić information content (AvgIpc) is 2.49. The summed E-state index contributed by atoms with van der Waals surface area (Å²) >= 11 is 1.26. The normalized spacial score (nSPS) is 15.8. The number of carbonyl (C=O) groups excluding carboxylic acids is 1. The van der Waals surface area contributed by atoms with Gasteiger partial charge in [0.05, 0.1) is 5.69 Å². The van der Waals surface area contributed by atoms with Gasteiger partial charge in [-0.25, -0.2) is 4.98 Å². The van der Waals surface area contributed by atoms with Crippen LogP contribution in [0.1, 0.15) is 41.0 Å². The van der Waals surface area contributed by atoms with Gasteiger partial charge in [-0.3, -0.25) is 4.79 Å². The largest absolute Gasteiger partial charge is 0.375 e. The van der Waals surface area contributed by atoms with Crippen LogP contribution in [0.4, 0.5) is 5.13 Å². The first-order chi connectivity index (χ1) is 7.66. The molecule has 0 saturated heterocycles. The minimum atomic E-state index is -0.0361. The van der Waals surface area contributed by atoms with Crippen molar-refractivity contribution in [1.82, 2.24) is 10.3 Å². The second-order valence-electron chi connectivity index (χ2n) is 4.31.